The van der Waals surface area contributed by atoms with Crippen molar-refractivity contribution < 1.29 is 0 Å². The first-order valence-corrected chi connectivity index (χ1v) is 6.60. The van der Waals surface area contributed by atoms with Crippen molar-refractivity contribution in [3.8, 4) is 0 Å². The van der Waals surface area contributed by atoms with Crippen LogP contribution in [0.2, 0.25) is 0 Å². The predicted octanol–water partition coefficient (Wildman–Crippen LogP) is 2.18. The second-order valence-electron chi connectivity index (χ2n) is 5.84. The first-order chi connectivity index (χ1) is 8.13. The van der Waals surface area contributed by atoms with Gasteiger partial charge in [-0.25, -0.2) is 0 Å². The third kappa shape index (κ3) is 1.88. The summed E-state index contributed by atoms with van der Waals surface area (Å²) >= 11 is 0. The Bertz CT molecular complexity index is 491. The minimum Gasteiger partial charge on any atom is -0.397 e. The van der Waals surface area contributed by atoms with Gasteiger partial charge in [-0.2, -0.15) is 0 Å². The van der Waals surface area contributed by atoms with Crippen molar-refractivity contribution in [2.75, 3.05) is 5.73 Å². The second-order valence-corrected chi connectivity index (χ2v) is 5.84. The summed E-state index contributed by atoms with van der Waals surface area (Å²) < 4.78 is 1.81. The number of nitrogen functional groups attached to an aromatic ring is 1. The predicted molar refractivity (Wildman–Crippen MR) is 68.8 cm³/mol. The van der Waals surface area contributed by atoms with Gasteiger partial charge in [-0.3, -0.25) is 4.79 Å². The van der Waals surface area contributed by atoms with Gasteiger partial charge in [0.25, 0.3) is 5.56 Å². The molecule has 2 aliphatic rings. The standard InChI is InChI=1S/C14H20N2O/c1-9-4-14(17)16(8-13(9)15)7-12-6-10-2-3-11(12)5-10/h4,8,10-12H,2-3,5-7,15H2,1H3. The summed E-state index contributed by atoms with van der Waals surface area (Å²) in [7, 11) is 0. The Morgan fingerprint density at radius 1 is 1.41 bits per heavy atom. The van der Waals surface area contributed by atoms with Crippen molar-refractivity contribution >= 4 is 5.69 Å². The van der Waals surface area contributed by atoms with Crippen molar-refractivity contribution in [3.63, 3.8) is 0 Å². The number of nitrogens with zero attached hydrogens (tertiary/aromatic N) is 1. The molecule has 3 heteroatoms. The topological polar surface area (TPSA) is 48.0 Å². The fraction of sp³-hybridized carbons (Fsp3) is 0.643. The number of aromatic nitrogens is 1. The summed E-state index contributed by atoms with van der Waals surface area (Å²) in [5.41, 5.74) is 7.59. The molecule has 2 fully saturated rings. The Balaban J connectivity index is 1.81. The van der Waals surface area contributed by atoms with Crippen molar-refractivity contribution in [1.29, 1.82) is 0 Å². The normalized spacial score (nSPS) is 31.0. The van der Waals surface area contributed by atoms with Gasteiger partial charge in [0.1, 0.15) is 0 Å². The molecule has 3 rings (SSSR count). The highest BCUT2D eigenvalue weighted by atomic mass is 16.1. The average molecular weight is 232 g/mol. The third-order valence-electron chi connectivity index (χ3n) is 4.69. The van der Waals surface area contributed by atoms with Gasteiger partial charge in [0.15, 0.2) is 0 Å². The first kappa shape index (κ1) is 10.9. The van der Waals surface area contributed by atoms with E-state index in [1.165, 1.54) is 25.7 Å². The summed E-state index contributed by atoms with van der Waals surface area (Å²) in [5.74, 6) is 2.49. The Hall–Kier alpha value is -1.25. The zero-order valence-corrected chi connectivity index (χ0v) is 10.4. The van der Waals surface area contributed by atoms with Gasteiger partial charge in [0.2, 0.25) is 0 Å². The van der Waals surface area contributed by atoms with E-state index in [0.29, 0.717) is 5.92 Å². The molecule has 1 aromatic rings. The molecule has 17 heavy (non-hydrogen) atoms. The van der Waals surface area contributed by atoms with E-state index in [1.807, 2.05) is 17.7 Å². The maximum absolute atomic E-state index is 11.9. The number of pyridine rings is 1. The van der Waals surface area contributed by atoms with E-state index < -0.39 is 0 Å². The van der Waals surface area contributed by atoms with E-state index in [4.69, 9.17) is 5.73 Å². The van der Waals surface area contributed by atoms with Gasteiger partial charge in [0, 0.05) is 18.8 Å². The van der Waals surface area contributed by atoms with Crippen LogP contribution in [-0.4, -0.2) is 4.57 Å². The van der Waals surface area contributed by atoms with E-state index in [2.05, 4.69) is 0 Å². The van der Waals surface area contributed by atoms with Crippen LogP contribution in [0.3, 0.4) is 0 Å². The number of rotatable bonds is 2. The third-order valence-corrected chi connectivity index (χ3v) is 4.69. The van der Waals surface area contributed by atoms with Crippen molar-refractivity contribution in [3.05, 3.63) is 28.2 Å². The van der Waals surface area contributed by atoms with Crippen LogP contribution < -0.4 is 11.3 Å². The molecule has 2 N–H and O–H groups in total. The molecule has 0 aromatic carbocycles. The maximum atomic E-state index is 11.9. The van der Waals surface area contributed by atoms with Crippen LogP contribution in [-0.2, 0) is 6.54 Å². The number of anilines is 1. The SMILES string of the molecule is Cc1cc(=O)n(CC2CC3CCC2C3)cc1N. The summed E-state index contributed by atoms with van der Waals surface area (Å²) in [6.07, 6.45) is 7.30. The summed E-state index contributed by atoms with van der Waals surface area (Å²) in [6.45, 7) is 2.75. The lowest BCUT2D eigenvalue weighted by atomic mass is 9.89. The molecule has 2 saturated carbocycles. The summed E-state index contributed by atoms with van der Waals surface area (Å²) in [5, 5.41) is 0. The maximum Gasteiger partial charge on any atom is 0.250 e. The molecule has 1 heterocycles. The summed E-state index contributed by atoms with van der Waals surface area (Å²) in [4.78, 5) is 11.9. The Morgan fingerprint density at radius 3 is 2.88 bits per heavy atom. The number of fused-ring (bicyclic) bond motifs is 2. The Kier molecular flexibility index (Phi) is 2.49. The van der Waals surface area contributed by atoms with E-state index in [0.717, 1.165) is 29.6 Å². The molecule has 0 saturated heterocycles. The molecule has 92 valence electrons. The first-order valence-electron chi connectivity index (χ1n) is 6.60. The highest BCUT2D eigenvalue weighted by Crippen LogP contribution is 2.48. The molecule has 0 amide bonds. The second kappa shape index (κ2) is 3.90. The molecule has 0 spiro atoms. The van der Waals surface area contributed by atoms with Gasteiger partial charge in [-0.05, 0) is 49.5 Å². The van der Waals surface area contributed by atoms with Gasteiger partial charge in [-0.1, -0.05) is 6.42 Å². The van der Waals surface area contributed by atoms with Crippen molar-refractivity contribution in [1.82, 2.24) is 4.57 Å². The zero-order chi connectivity index (χ0) is 12.0. The quantitative estimate of drug-likeness (QED) is 0.849. The number of hydrogen-bond donors (Lipinski definition) is 1. The van der Waals surface area contributed by atoms with Crippen LogP contribution in [0.15, 0.2) is 17.1 Å². The van der Waals surface area contributed by atoms with Crippen molar-refractivity contribution in [2.24, 2.45) is 17.8 Å². The van der Waals surface area contributed by atoms with Gasteiger partial charge < -0.3 is 10.3 Å². The minimum absolute atomic E-state index is 0.0967. The van der Waals surface area contributed by atoms with Gasteiger partial charge in [0.05, 0.1) is 5.69 Å². The minimum atomic E-state index is 0.0967. The van der Waals surface area contributed by atoms with Crippen LogP contribution >= 0.6 is 0 Å². The lowest BCUT2D eigenvalue weighted by Crippen LogP contribution is -2.26. The van der Waals surface area contributed by atoms with Crippen LogP contribution in [0.4, 0.5) is 5.69 Å². The molecule has 2 aliphatic carbocycles. The van der Waals surface area contributed by atoms with Crippen molar-refractivity contribution in [2.45, 2.75) is 39.2 Å². The molecule has 2 bridgehead atoms. The van der Waals surface area contributed by atoms with Gasteiger partial charge in [-0.15, -0.1) is 0 Å². The highest BCUT2D eigenvalue weighted by Gasteiger charge is 2.39. The molecule has 0 radical (unpaired) electrons. The molecule has 3 atom stereocenters. The number of nitrogens with two attached hydrogens (primary N) is 1. The molecule has 3 unspecified atom stereocenters. The number of aryl methyl sites for hydroxylation is 1. The lowest BCUT2D eigenvalue weighted by molar-refractivity contribution is 0.293. The van der Waals surface area contributed by atoms with E-state index >= 15 is 0 Å². The molecular weight excluding hydrogens is 212 g/mol. The monoisotopic (exact) mass is 232 g/mol. The molecule has 0 aliphatic heterocycles. The van der Waals surface area contributed by atoms with Crippen LogP contribution in [0.5, 0.6) is 0 Å². The van der Waals surface area contributed by atoms with E-state index in [9.17, 15) is 4.79 Å². The zero-order valence-electron chi connectivity index (χ0n) is 10.4. The average Bonchev–Trinajstić information content (AvgIpc) is 2.87. The Morgan fingerprint density at radius 2 is 2.24 bits per heavy atom. The summed E-state index contributed by atoms with van der Waals surface area (Å²) in [6, 6.07) is 1.66. The van der Waals surface area contributed by atoms with Crippen LogP contribution in [0, 0.1) is 24.7 Å². The highest BCUT2D eigenvalue weighted by molar-refractivity contribution is 5.42. The fourth-order valence-electron chi connectivity index (χ4n) is 3.68. The molecule has 1 aromatic heterocycles. The molecular formula is C14H20N2O. The van der Waals surface area contributed by atoms with Gasteiger partial charge >= 0.3 is 0 Å². The fourth-order valence-corrected chi connectivity index (χ4v) is 3.68. The largest absolute Gasteiger partial charge is 0.397 e. The number of hydrogen-bond acceptors (Lipinski definition) is 2. The van der Waals surface area contributed by atoms with E-state index in [-0.39, 0.29) is 5.56 Å². The van der Waals surface area contributed by atoms with Crippen LogP contribution in [0.1, 0.15) is 31.2 Å². The molecule has 3 nitrogen and oxygen atoms in total. The van der Waals surface area contributed by atoms with E-state index in [1.54, 1.807) is 6.07 Å². The Labute approximate surface area is 102 Å². The van der Waals surface area contributed by atoms with Crippen LogP contribution in [0.25, 0.3) is 0 Å². The lowest BCUT2D eigenvalue weighted by Gasteiger charge is -2.22. The smallest absolute Gasteiger partial charge is 0.250 e.